The van der Waals surface area contributed by atoms with Crippen molar-refractivity contribution in [1.82, 2.24) is 0 Å². The number of hydrogen-bond acceptors (Lipinski definition) is 3. The second-order valence-electron chi connectivity index (χ2n) is 5.71. The Bertz CT molecular complexity index is 716. The van der Waals surface area contributed by atoms with Gasteiger partial charge in [0.15, 0.2) is 0 Å². The molecule has 0 aromatic heterocycles. The van der Waals surface area contributed by atoms with Crippen molar-refractivity contribution in [3.8, 4) is 0 Å². The zero-order valence-electron chi connectivity index (χ0n) is 15.3. The molecule has 1 amide bonds. The molecule has 0 spiro atoms. The third kappa shape index (κ3) is 8.42. The van der Waals surface area contributed by atoms with Crippen molar-refractivity contribution in [2.24, 2.45) is 5.73 Å². The highest BCUT2D eigenvalue weighted by Crippen LogP contribution is 2.15. The summed E-state index contributed by atoms with van der Waals surface area (Å²) in [5, 5.41) is 0. The molecule has 5 heteroatoms. The van der Waals surface area contributed by atoms with E-state index < -0.39 is 0 Å². The van der Waals surface area contributed by atoms with E-state index in [1.165, 1.54) is 6.07 Å². The van der Waals surface area contributed by atoms with Gasteiger partial charge in [0.2, 0.25) is 5.91 Å². The minimum atomic E-state index is -0.306. The van der Waals surface area contributed by atoms with E-state index in [1.807, 2.05) is 30.3 Å². The zero-order valence-corrected chi connectivity index (χ0v) is 15.3. The first kappa shape index (κ1) is 21.4. The van der Waals surface area contributed by atoms with Crippen LogP contribution in [0, 0.1) is 5.82 Å². The number of benzene rings is 2. The van der Waals surface area contributed by atoms with Gasteiger partial charge >= 0.3 is 5.97 Å². The molecule has 2 rings (SSSR count). The number of hydrogen-bond donors (Lipinski definition) is 1. The lowest BCUT2D eigenvalue weighted by molar-refractivity contribution is -0.142. The molecule has 0 unspecified atom stereocenters. The monoisotopic (exact) mass is 359 g/mol. The molecule has 140 valence electrons. The fraction of sp³-hybridized carbons (Fsp3) is 0.333. The molecule has 2 aromatic rings. The lowest BCUT2D eigenvalue weighted by Crippen LogP contribution is -2.11. The van der Waals surface area contributed by atoms with Crippen molar-refractivity contribution in [3.63, 3.8) is 0 Å². The van der Waals surface area contributed by atoms with E-state index in [4.69, 9.17) is 5.73 Å². The van der Waals surface area contributed by atoms with Gasteiger partial charge in [-0.25, -0.2) is 4.39 Å². The van der Waals surface area contributed by atoms with Gasteiger partial charge in [-0.2, -0.15) is 0 Å². The molecule has 0 bridgehead atoms. The van der Waals surface area contributed by atoms with Crippen LogP contribution in [0.2, 0.25) is 0 Å². The van der Waals surface area contributed by atoms with E-state index in [2.05, 4.69) is 4.74 Å². The molecule has 4 nitrogen and oxygen atoms in total. The van der Waals surface area contributed by atoms with Crippen molar-refractivity contribution >= 4 is 11.9 Å². The maximum Gasteiger partial charge on any atom is 0.305 e. The van der Waals surface area contributed by atoms with Crippen LogP contribution in [0.25, 0.3) is 0 Å². The normalized spacial score (nSPS) is 9.81. The molecular formula is C21H26FNO3. The maximum atomic E-state index is 13.6. The average molecular weight is 359 g/mol. The summed E-state index contributed by atoms with van der Waals surface area (Å²) in [5.74, 6) is -0.618. The SMILES string of the molecule is CCOC(=O)CC.NC(=O)CCc1cccc(Cc2ccccc2F)c1. The Kier molecular flexibility index (Phi) is 9.69. The number of amides is 1. The zero-order chi connectivity index (χ0) is 19.4. The van der Waals surface area contributed by atoms with Crippen molar-refractivity contribution in [1.29, 1.82) is 0 Å². The number of aryl methyl sites for hydroxylation is 1. The quantitative estimate of drug-likeness (QED) is 0.765. The topological polar surface area (TPSA) is 69.4 Å². The van der Waals surface area contributed by atoms with Crippen LogP contribution in [0.5, 0.6) is 0 Å². The molecule has 0 fully saturated rings. The number of primary amides is 1. The fourth-order valence-corrected chi connectivity index (χ4v) is 2.29. The van der Waals surface area contributed by atoms with Crippen molar-refractivity contribution < 1.29 is 18.7 Å². The third-order valence-corrected chi connectivity index (χ3v) is 3.60. The van der Waals surface area contributed by atoms with Gasteiger partial charge in [-0.15, -0.1) is 0 Å². The van der Waals surface area contributed by atoms with Gasteiger partial charge in [0, 0.05) is 19.3 Å². The largest absolute Gasteiger partial charge is 0.466 e. The molecule has 0 saturated heterocycles. The summed E-state index contributed by atoms with van der Waals surface area (Å²) in [4.78, 5) is 21.0. The standard InChI is InChI=1S/C16H16FNO.C5H10O2/c17-15-7-2-1-6-14(15)11-13-5-3-4-12(10-13)8-9-16(18)19;1-3-5(6)7-4-2/h1-7,10H,8-9,11H2,(H2,18,19);3-4H2,1-2H3. The molecule has 0 atom stereocenters. The van der Waals surface area contributed by atoms with Gasteiger partial charge in [-0.1, -0.05) is 49.4 Å². The molecule has 2 aromatic carbocycles. The van der Waals surface area contributed by atoms with E-state index >= 15 is 0 Å². The Morgan fingerprint density at radius 1 is 1.04 bits per heavy atom. The Balaban J connectivity index is 0.000000412. The first-order valence-electron chi connectivity index (χ1n) is 8.71. The van der Waals surface area contributed by atoms with Gasteiger partial charge < -0.3 is 10.5 Å². The van der Waals surface area contributed by atoms with E-state index in [1.54, 1.807) is 26.0 Å². The Morgan fingerprint density at radius 3 is 2.31 bits per heavy atom. The number of carbonyl (C=O) groups is 2. The predicted molar refractivity (Wildman–Crippen MR) is 100 cm³/mol. The van der Waals surface area contributed by atoms with E-state index in [9.17, 15) is 14.0 Å². The Morgan fingerprint density at radius 2 is 1.73 bits per heavy atom. The summed E-state index contributed by atoms with van der Waals surface area (Å²) in [6.07, 6.45) is 1.99. The van der Waals surface area contributed by atoms with E-state index in [-0.39, 0.29) is 17.7 Å². The first-order chi connectivity index (χ1) is 12.5. The van der Waals surface area contributed by atoms with Crippen molar-refractivity contribution in [2.45, 2.75) is 39.5 Å². The van der Waals surface area contributed by atoms with Crippen LogP contribution >= 0.6 is 0 Å². The number of ether oxygens (including phenoxy) is 1. The highest BCUT2D eigenvalue weighted by molar-refractivity contribution is 5.74. The lowest BCUT2D eigenvalue weighted by atomic mass is 10.0. The molecule has 0 saturated carbocycles. The van der Waals surface area contributed by atoms with Crippen molar-refractivity contribution in [3.05, 3.63) is 71.0 Å². The third-order valence-electron chi connectivity index (χ3n) is 3.60. The predicted octanol–water partition coefficient (Wildman–Crippen LogP) is 3.79. The second kappa shape index (κ2) is 11.8. The van der Waals surface area contributed by atoms with Crippen LogP contribution in [0.1, 0.15) is 43.4 Å². The number of halogens is 1. The summed E-state index contributed by atoms with van der Waals surface area (Å²) in [5.41, 5.74) is 7.89. The number of esters is 1. The highest BCUT2D eigenvalue weighted by Gasteiger charge is 2.04. The number of carbonyl (C=O) groups excluding carboxylic acids is 2. The van der Waals surface area contributed by atoms with Crippen LogP contribution in [-0.4, -0.2) is 18.5 Å². The maximum absolute atomic E-state index is 13.6. The van der Waals surface area contributed by atoms with Crippen molar-refractivity contribution in [2.75, 3.05) is 6.61 Å². The minimum absolute atomic E-state index is 0.123. The number of nitrogens with two attached hydrogens (primary N) is 1. The molecular weight excluding hydrogens is 333 g/mol. The molecule has 0 aliphatic rings. The van der Waals surface area contributed by atoms with Gasteiger partial charge in [0.25, 0.3) is 0 Å². The summed E-state index contributed by atoms with van der Waals surface area (Å²) in [6, 6.07) is 14.6. The summed E-state index contributed by atoms with van der Waals surface area (Å²) in [6.45, 7) is 4.07. The molecule has 2 N–H and O–H groups in total. The Hall–Kier alpha value is -2.69. The smallest absolute Gasteiger partial charge is 0.305 e. The Labute approximate surface area is 154 Å². The van der Waals surface area contributed by atoms with Gasteiger partial charge in [-0.3, -0.25) is 9.59 Å². The summed E-state index contributed by atoms with van der Waals surface area (Å²) < 4.78 is 18.1. The lowest BCUT2D eigenvalue weighted by Gasteiger charge is -2.06. The van der Waals surface area contributed by atoms with Crippen LogP contribution in [0.4, 0.5) is 4.39 Å². The van der Waals surface area contributed by atoms with Gasteiger partial charge in [-0.05, 0) is 36.1 Å². The van der Waals surface area contributed by atoms with Gasteiger partial charge in [0.1, 0.15) is 5.82 Å². The minimum Gasteiger partial charge on any atom is -0.466 e. The molecule has 0 aliphatic carbocycles. The van der Waals surface area contributed by atoms with Crippen LogP contribution in [0.15, 0.2) is 48.5 Å². The van der Waals surface area contributed by atoms with Crippen LogP contribution in [-0.2, 0) is 27.2 Å². The first-order valence-corrected chi connectivity index (χ1v) is 8.71. The highest BCUT2D eigenvalue weighted by atomic mass is 19.1. The second-order valence-corrected chi connectivity index (χ2v) is 5.71. The number of rotatable bonds is 7. The van der Waals surface area contributed by atoms with Gasteiger partial charge in [0.05, 0.1) is 6.61 Å². The van der Waals surface area contributed by atoms with E-state index in [0.29, 0.717) is 37.9 Å². The average Bonchev–Trinajstić information content (AvgIpc) is 2.63. The van der Waals surface area contributed by atoms with E-state index in [0.717, 1.165) is 11.1 Å². The molecule has 0 radical (unpaired) electrons. The molecule has 26 heavy (non-hydrogen) atoms. The molecule has 0 heterocycles. The van der Waals surface area contributed by atoms with Crippen LogP contribution < -0.4 is 5.73 Å². The summed E-state index contributed by atoms with van der Waals surface area (Å²) in [7, 11) is 0. The van der Waals surface area contributed by atoms with Crippen LogP contribution in [0.3, 0.4) is 0 Å². The summed E-state index contributed by atoms with van der Waals surface area (Å²) >= 11 is 0. The molecule has 0 aliphatic heterocycles. The fourth-order valence-electron chi connectivity index (χ4n) is 2.29.